The van der Waals surface area contributed by atoms with Gasteiger partial charge in [0.25, 0.3) is 0 Å². The molecule has 1 aliphatic carbocycles. The van der Waals surface area contributed by atoms with E-state index in [0.717, 1.165) is 18.4 Å². The molecule has 2 aromatic carbocycles. The van der Waals surface area contributed by atoms with Crippen molar-refractivity contribution in [2.24, 2.45) is 0 Å². The highest BCUT2D eigenvalue weighted by Gasteiger charge is 2.26. The van der Waals surface area contributed by atoms with E-state index in [-0.39, 0.29) is 5.91 Å². The van der Waals surface area contributed by atoms with Crippen LogP contribution >= 0.6 is 0 Å². The average Bonchev–Trinajstić information content (AvgIpc) is 2.99. The van der Waals surface area contributed by atoms with E-state index in [0.29, 0.717) is 25.4 Å². The van der Waals surface area contributed by atoms with Gasteiger partial charge in [-0.15, -0.1) is 6.58 Å². The van der Waals surface area contributed by atoms with Crippen LogP contribution < -0.4 is 0 Å². The van der Waals surface area contributed by atoms with Crippen molar-refractivity contribution in [1.82, 2.24) is 4.90 Å². The fourth-order valence-electron chi connectivity index (χ4n) is 3.41. The molecular formula is C21H23NO. The normalized spacial score (nSPS) is 15.9. The van der Waals surface area contributed by atoms with Crippen molar-refractivity contribution in [2.75, 3.05) is 6.54 Å². The molecule has 0 aliphatic heterocycles. The van der Waals surface area contributed by atoms with Crippen LogP contribution in [0.15, 0.2) is 67.3 Å². The van der Waals surface area contributed by atoms with Gasteiger partial charge in [0.15, 0.2) is 0 Å². The highest BCUT2D eigenvalue weighted by atomic mass is 16.2. The molecule has 3 rings (SSSR count). The minimum absolute atomic E-state index is 0.218. The highest BCUT2D eigenvalue weighted by Crippen LogP contribution is 2.35. The summed E-state index contributed by atoms with van der Waals surface area (Å²) in [5, 5.41) is 0. The van der Waals surface area contributed by atoms with Gasteiger partial charge in [-0.2, -0.15) is 0 Å². The maximum Gasteiger partial charge on any atom is 0.223 e. The number of hydrogen-bond acceptors (Lipinski definition) is 1. The van der Waals surface area contributed by atoms with Crippen LogP contribution in [0, 0.1) is 0 Å². The lowest BCUT2D eigenvalue weighted by atomic mass is 9.97. The Labute approximate surface area is 138 Å². The predicted molar refractivity (Wildman–Crippen MR) is 94.2 cm³/mol. The van der Waals surface area contributed by atoms with Gasteiger partial charge in [-0.1, -0.05) is 60.7 Å². The summed E-state index contributed by atoms with van der Waals surface area (Å²) in [5.74, 6) is 0.581. The summed E-state index contributed by atoms with van der Waals surface area (Å²) >= 11 is 0. The van der Waals surface area contributed by atoms with Crippen molar-refractivity contribution in [3.05, 3.63) is 83.9 Å². The van der Waals surface area contributed by atoms with Crippen molar-refractivity contribution in [3.63, 3.8) is 0 Å². The third-order valence-electron chi connectivity index (χ3n) is 4.60. The largest absolute Gasteiger partial charge is 0.335 e. The van der Waals surface area contributed by atoms with Crippen LogP contribution in [0.25, 0.3) is 0 Å². The maximum atomic E-state index is 12.8. The van der Waals surface area contributed by atoms with Crippen LogP contribution in [0.4, 0.5) is 0 Å². The van der Waals surface area contributed by atoms with Gasteiger partial charge in [-0.3, -0.25) is 4.79 Å². The number of rotatable bonds is 6. The van der Waals surface area contributed by atoms with Gasteiger partial charge in [-0.05, 0) is 35.4 Å². The van der Waals surface area contributed by atoms with Crippen LogP contribution in [0.3, 0.4) is 0 Å². The Bertz CT molecular complexity index is 677. The number of carbonyl (C=O) groups excluding carboxylic acids is 1. The fourth-order valence-corrected chi connectivity index (χ4v) is 3.41. The molecule has 0 N–H and O–H groups in total. The molecule has 1 amide bonds. The van der Waals surface area contributed by atoms with Gasteiger partial charge in [0.1, 0.15) is 0 Å². The third-order valence-corrected chi connectivity index (χ3v) is 4.60. The molecule has 0 bridgehead atoms. The predicted octanol–water partition coefficient (Wildman–Crippen LogP) is 4.32. The summed E-state index contributed by atoms with van der Waals surface area (Å²) in [5.41, 5.74) is 3.93. The third kappa shape index (κ3) is 3.70. The van der Waals surface area contributed by atoms with Gasteiger partial charge in [0.2, 0.25) is 5.91 Å². The second kappa shape index (κ2) is 7.28. The summed E-state index contributed by atoms with van der Waals surface area (Å²) < 4.78 is 0. The van der Waals surface area contributed by atoms with Crippen LogP contribution in [-0.4, -0.2) is 17.4 Å². The first-order valence-electron chi connectivity index (χ1n) is 8.28. The minimum Gasteiger partial charge on any atom is -0.335 e. The SMILES string of the molecule is C=CCN(Cc1ccccc1)C(=O)CC1CCc2ccccc21. The molecule has 1 atom stereocenters. The first-order chi connectivity index (χ1) is 11.3. The number of amides is 1. The Morgan fingerprint density at radius 1 is 1.13 bits per heavy atom. The minimum atomic E-state index is 0.218. The molecule has 1 aliphatic rings. The van der Waals surface area contributed by atoms with Crippen molar-refractivity contribution in [3.8, 4) is 0 Å². The quantitative estimate of drug-likeness (QED) is 0.728. The van der Waals surface area contributed by atoms with Gasteiger partial charge in [-0.25, -0.2) is 0 Å². The molecule has 0 fully saturated rings. The van der Waals surface area contributed by atoms with Crippen molar-refractivity contribution >= 4 is 5.91 Å². The molecule has 0 saturated heterocycles. The second-order valence-corrected chi connectivity index (χ2v) is 6.19. The number of nitrogens with zero attached hydrogens (tertiary/aromatic N) is 1. The van der Waals surface area contributed by atoms with E-state index < -0.39 is 0 Å². The van der Waals surface area contributed by atoms with E-state index in [1.165, 1.54) is 11.1 Å². The Kier molecular flexibility index (Phi) is 4.92. The summed E-state index contributed by atoms with van der Waals surface area (Å²) in [4.78, 5) is 14.7. The molecule has 0 aromatic heterocycles. The van der Waals surface area contributed by atoms with Crippen LogP contribution in [0.1, 0.15) is 35.4 Å². The van der Waals surface area contributed by atoms with Crippen molar-refractivity contribution in [1.29, 1.82) is 0 Å². The molecule has 2 aromatic rings. The van der Waals surface area contributed by atoms with E-state index >= 15 is 0 Å². The Balaban J connectivity index is 1.68. The molecule has 1 unspecified atom stereocenters. The molecule has 0 heterocycles. The summed E-state index contributed by atoms with van der Waals surface area (Å²) in [6.07, 6.45) is 4.58. The fraction of sp³-hybridized carbons (Fsp3) is 0.286. The maximum absolute atomic E-state index is 12.8. The Hall–Kier alpha value is -2.35. The zero-order valence-corrected chi connectivity index (χ0v) is 13.4. The summed E-state index contributed by atoms with van der Waals surface area (Å²) in [6.45, 7) is 5.05. The van der Waals surface area contributed by atoms with Gasteiger partial charge in [0.05, 0.1) is 0 Å². The Morgan fingerprint density at radius 2 is 1.87 bits per heavy atom. The second-order valence-electron chi connectivity index (χ2n) is 6.19. The van der Waals surface area contributed by atoms with Gasteiger partial charge >= 0.3 is 0 Å². The van der Waals surface area contributed by atoms with Crippen LogP contribution in [0.2, 0.25) is 0 Å². The monoisotopic (exact) mass is 305 g/mol. The molecule has 0 radical (unpaired) electrons. The first kappa shape index (κ1) is 15.5. The number of fused-ring (bicyclic) bond motifs is 1. The zero-order valence-electron chi connectivity index (χ0n) is 13.4. The van der Waals surface area contributed by atoms with Crippen LogP contribution in [-0.2, 0) is 17.8 Å². The number of benzene rings is 2. The first-order valence-corrected chi connectivity index (χ1v) is 8.28. The zero-order chi connectivity index (χ0) is 16.1. The highest BCUT2D eigenvalue weighted by molar-refractivity contribution is 5.77. The van der Waals surface area contributed by atoms with E-state index in [9.17, 15) is 4.79 Å². The standard InChI is InChI=1S/C21H23NO/c1-2-14-22(16-17-8-4-3-5-9-17)21(23)15-19-13-12-18-10-6-7-11-20(18)19/h2-11,19H,1,12-16H2. The van der Waals surface area contributed by atoms with Crippen molar-refractivity contribution in [2.45, 2.75) is 31.7 Å². The van der Waals surface area contributed by atoms with E-state index in [1.54, 1.807) is 0 Å². The lowest BCUT2D eigenvalue weighted by Crippen LogP contribution is -2.31. The molecule has 2 heteroatoms. The topological polar surface area (TPSA) is 20.3 Å². The van der Waals surface area contributed by atoms with E-state index in [2.05, 4.69) is 43.0 Å². The molecule has 23 heavy (non-hydrogen) atoms. The molecule has 2 nitrogen and oxygen atoms in total. The lowest BCUT2D eigenvalue weighted by molar-refractivity contribution is -0.131. The molecule has 0 spiro atoms. The van der Waals surface area contributed by atoms with Gasteiger partial charge < -0.3 is 4.90 Å². The lowest BCUT2D eigenvalue weighted by Gasteiger charge is -2.23. The average molecular weight is 305 g/mol. The van der Waals surface area contributed by atoms with E-state index in [1.807, 2.05) is 29.2 Å². The molecule has 118 valence electrons. The van der Waals surface area contributed by atoms with Crippen molar-refractivity contribution < 1.29 is 4.79 Å². The Morgan fingerprint density at radius 3 is 2.65 bits per heavy atom. The molecular weight excluding hydrogens is 282 g/mol. The smallest absolute Gasteiger partial charge is 0.223 e. The summed E-state index contributed by atoms with van der Waals surface area (Å²) in [7, 11) is 0. The van der Waals surface area contributed by atoms with Gasteiger partial charge in [0, 0.05) is 19.5 Å². The summed E-state index contributed by atoms with van der Waals surface area (Å²) in [6, 6.07) is 18.7. The molecule has 0 saturated carbocycles. The van der Waals surface area contributed by atoms with E-state index in [4.69, 9.17) is 0 Å². The number of carbonyl (C=O) groups is 1. The number of hydrogen-bond donors (Lipinski definition) is 0. The van der Waals surface area contributed by atoms with Crippen LogP contribution in [0.5, 0.6) is 0 Å². The number of aryl methyl sites for hydroxylation is 1.